The molecule has 1 aromatic heterocycles. The summed E-state index contributed by atoms with van der Waals surface area (Å²) in [5, 5.41) is 3.60. The third-order valence-electron chi connectivity index (χ3n) is 3.28. The van der Waals surface area contributed by atoms with Gasteiger partial charge >= 0.3 is 0 Å². The van der Waals surface area contributed by atoms with Gasteiger partial charge in [0.25, 0.3) is 0 Å². The molecule has 2 rings (SSSR count). The van der Waals surface area contributed by atoms with Crippen LogP contribution in [0.4, 0.5) is 4.39 Å². The number of rotatable bonds is 7. The lowest BCUT2D eigenvalue weighted by atomic mass is 10.0. The molecule has 1 N–H and O–H groups in total. The number of hydrogen-bond donors (Lipinski definition) is 1. The number of likely N-dealkylation sites (N-methyl/N-ethyl adjacent to an activating group) is 1. The molecule has 1 aromatic carbocycles. The molecule has 0 aliphatic heterocycles. The van der Waals surface area contributed by atoms with Crippen LogP contribution >= 0.6 is 11.6 Å². The summed E-state index contributed by atoms with van der Waals surface area (Å²) in [6, 6.07) is 9.17. The molecule has 1 atom stereocenters. The average Bonchev–Trinajstić information content (AvgIpc) is 2.94. The Kier molecular flexibility index (Phi) is 5.62. The van der Waals surface area contributed by atoms with Crippen LogP contribution in [-0.2, 0) is 12.8 Å². The van der Waals surface area contributed by atoms with Crippen LogP contribution in [0, 0.1) is 5.82 Å². The van der Waals surface area contributed by atoms with Crippen molar-refractivity contribution in [2.24, 2.45) is 0 Å². The molecule has 0 saturated carbocycles. The summed E-state index contributed by atoms with van der Waals surface area (Å²) < 4.78 is 18.8. The molecule has 0 saturated heterocycles. The molecule has 0 bridgehead atoms. The first-order valence-electron chi connectivity index (χ1n) is 6.88. The Morgan fingerprint density at radius 2 is 2.20 bits per heavy atom. The number of halogens is 2. The Hall–Kier alpha value is -1.32. The maximum Gasteiger partial charge on any atom is 0.142 e. The largest absolute Gasteiger partial charge is 0.469 e. The highest BCUT2D eigenvalue weighted by Crippen LogP contribution is 2.17. The molecule has 1 unspecified atom stereocenters. The van der Waals surface area contributed by atoms with Crippen molar-refractivity contribution in [3.8, 4) is 0 Å². The van der Waals surface area contributed by atoms with Gasteiger partial charge in [0.1, 0.15) is 11.6 Å². The Morgan fingerprint density at radius 1 is 1.35 bits per heavy atom. The van der Waals surface area contributed by atoms with E-state index in [2.05, 4.69) is 12.2 Å². The molecular weight excluding hydrogens is 277 g/mol. The maximum atomic E-state index is 13.5. The lowest BCUT2D eigenvalue weighted by Gasteiger charge is -2.17. The highest BCUT2D eigenvalue weighted by Gasteiger charge is 2.11. The van der Waals surface area contributed by atoms with E-state index < -0.39 is 0 Å². The van der Waals surface area contributed by atoms with Crippen molar-refractivity contribution in [3.63, 3.8) is 0 Å². The van der Waals surface area contributed by atoms with E-state index in [0.29, 0.717) is 6.04 Å². The molecule has 4 heteroatoms. The van der Waals surface area contributed by atoms with Gasteiger partial charge in [0.15, 0.2) is 0 Å². The van der Waals surface area contributed by atoms with Crippen molar-refractivity contribution in [1.29, 1.82) is 0 Å². The van der Waals surface area contributed by atoms with E-state index in [4.69, 9.17) is 16.0 Å². The number of furan rings is 1. The molecule has 0 radical (unpaired) electrons. The van der Waals surface area contributed by atoms with Gasteiger partial charge in [-0.2, -0.15) is 0 Å². The van der Waals surface area contributed by atoms with E-state index in [1.165, 1.54) is 6.07 Å². The minimum absolute atomic E-state index is 0.171. The van der Waals surface area contributed by atoms with Gasteiger partial charge in [-0.1, -0.05) is 24.6 Å². The smallest absolute Gasteiger partial charge is 0.142 e. The van der Waals surface area contributed by atoms with Crippen LogP contribution in [0.25, 0.3) is 0 Å². The summed E-state index contributed by atoms with van der Waals surface area (Å²) in [6.45, 7) is 2.96. The van der Waals surface area contributed by atoms with Gasteiger partial charge in [-0.25, -0.2) is 4.39 Å². The van der Waals surface area contributed by atoms with Crippen LogP contribution in [0.15, 0.2) is 41.0 Å². The first-order chi connectivity index (χ1) is 9.69. The predicted octanol–water partition coefficient (Wildman–Crippen LogP) is 4.23. The Morgan fingerprint density at radius 3 is 2.85 bits per heavy atom. The molecule has 108 valence electrons. The first-order valence-corrected chi connectivity index (χ1v) is 7.26. The van der Waals surface area contributed by atoms with Crippen molar-refractivity contribution in [2.45, 2.75) is 32.2 Å². The van der Waals surface area contributed by atoms with E-state index in [0.717, 1.165) is 37.1 Å². The first kappa shape index (κ1) is 15.1. The summed E-state index contributed by atoms with van der Waals surface area (Å²) >= 11 is 5.70. The predicted molar refractivity (Wildman–Crippen MR) is 79.6 cm³/mol. The quantitative estimate of drug-likeness (QED) is 0.827. The van der Waals surface area contributed by atoms with Crippen molar-refractivity contribution < 1.29 is 8.81 Å². The van der Waals surface area contributed by atoms with Gasteiger partial charge in [0, 0.05) is 12.5 Å². The maximum absolute atomic E-state index is 13.5. The van der Waals surface area contributed by atoms with Gasteiger partial charge in [-0.05, 0) is 49.2 Å². The SMILES string of the molecule is CCNC(CCc1ccco1)Cc1ccc(Cl)c(F)c1. The zero-order valence-corrected chi connectivity index (χ0v) is 12.3. The van der Waals surface area contributed by atoms with Crippen molar-refractivity contribution in [3.05, 3.63) is 58.8 Å². The van der Waals surface area contributed by atoms with Gasteiger partial charge in [-0.3, -0.25) is 0 Å². The summed E-state index contributed by atoms with van der Waals surface area (Å²) in [4.78, 5) is 0. The van der Waals surface area contributed by atoms with Gasteiger partial charge in [-0.15, -0.1) is 0 Å². The zero-order chi connectivity index (χ0) is 14.4. The van der Waals surface area contributed by atoms with Gasteiger partial charge < -0.3 is 9.73 Å². The van der Waals surface area contributed by atoms with Crippen LogP contribution in [0.2, 0.25) is 5.02 Å². The summed E-state index contributed by atoms with van der Waals surface area (Å²) in [5.41, 5.74) is 0.956. The van der Waals surface area contributed by atoms with E-state index in [1.54, 1.807) is 12.3 Å². The van der Waals surface area contributed by atoms with E-state index in [-0.39, 0.29) is 10.8 Å². The third kappa shape index (κ3) is 4.36. The van der Waals surface area contributed by atoms with Crippen molar-refractivity contribution in [2.75, 3.05) is 6.54 Å². The molecule has 0 fully saturated rings. The Balaban J connectivity index is 1.95. The molecule has 2 nitrogen and oxygen atoms in total. The molecule has 0 aliphatic carbocycles. The van der Waals surface area contributed by atoms with Crippen LogP contribution in [0.3, 0.4) is 0 Å². The van der Waals surface area contributed by atoms with Gasteiger partial charge in [0.05, 0.1) is 11.3 Å². The lowest BCUT2D eigenvalue weighted by molar-refractivity contribution is 0.447. The minimum atomic E-state index is -0.356. The Labute approximate surface area is 123 Å². The van der Waals surface area contributed by atoms with E-state index >= 15 is 0 Å². The number of aryl methyl sites for hydroxylation is 1. The molecule has 0 aliphatic rings. The monoisotopic (exact) mass is 295 g/mol. The second kappa shape index (κ2) is 7.46. The number of benzene rings is 1. The molecule has 20 heavy (non-hydrogen) atoms. The summed E-state index contributed by atoms with van der Waals surface area (Å²) in [5.74, 6) is 0.626. The van der Waals surface area contributed by atoms with E-state index in [1.807, 2.05) is 18.2 Å². The molecule has 1 heterocycles. The second-order valence-corrected chi connectivity index (χ2v) is 5.23. The van der Waals surface area contributed by atoms with Crippen LogP contribution in [0.5, 0.6) is 0 Å². The Bertz CT molecular complexity index is 527. The molecular formula is C16H19ClFNO. The summed E-state index contributed by atoms with van der Waals surface area (Å²) in [7, 11) is 0. The fourth-order valence-electron chi connectivity index (χ4n) is 2.29. The normalized spacial score (nSPS) is 12.6. The number of hydrogen-bond acceptors (Lipinski definition) is 2. The van der Waals surface area contributed by atoms with E-state index in [9.17, 15) is 4.39 Å². The molecule has 0 spiro atoms. The average molecular weight is 296 g/mol. The minimum Gasteiger partial charge on any atom is -0.469 e. The fraction of sp³-hybridized carbons (Fsp3) is 0.375. The van der Waals surface area contributed by atoms with Crippen molar-refractivity contribution >= 4 is 11.6 Å². The topological polar surface area (TPSA) is 25.2 Å². The molecule has 2 aromatic rings. The standard InChI is InChI=1S/C16H19ClFNO/c1-2-19-13(6-7-14-4-3-9-20-14)10-12-5-8-15(17)16(18)11-12/h3-5,8-9,11,13,19H,2,6-7,10H2,1H3. The fourth-order valence-corrected chi connectivity index (χ4v) is 2.40. The highest BCUT2D eigenvalue weighted by molar-refractivity contribution is 6.30. The zero-order valence-electron chi connectivity index (χ0n) is 11.5. The van der Waals surface area contributed by atoms with Crippen molar-refractivity contribution in [1.82, 2.24) is 5.32 Å². The summed E-state index contributed by atoms with van der Waals surface area (Å²) in [6.07, 6.45) is 4.29. The third-order valence-corrected chi connectivity index (χ3v) is 3.58. The number of nitrogens with one attached hydrogen (secondary N) is 1. The molecule has 0 amide bonds. The van der Waals surface area contributed by atoms with Crippen LogP contribution in [0.1, 0.15) is 24.7 Å². The van der Waals surface area contributed by atoms with Crippen LogP contribution in [-0.4, -0.2) is 12.6 Å². The van der Waals surface area contributed by atoms with Crippen LogP contribution < -0.4 is 5.32 Å². The second-order valence-electron chi connectivity index (χ2n) is 4.83. The highest BCUT2D eigenvalue weighted by atomic mass is 35.5. The van der Waals surface area contributed by atoms with Gasteiger partial charge in [0.2, 0.25) is 0 Å². The lowest BCUT2D eigenvalue weighted by Crippen LogP contribution is -2.31.